The molecule has 4 aromatic rings. The average Bonchev–Trinajstić information content (AvgIpc) is 3.33. The molecule has 8 heteroatoms. The maximum atomic E-state index is 12.2. The topological polar surface area (TPSA) is 54.9 Å². The van der Waals surface area contributed by atoms with Gasteiger partial charge in [0.25, 0.3) is 0 Å². The van der Waals surface area contributed by atoms with Crippen LogP contribution in [-0.2, 0) is 4.79 Å². The minimum atomic E-state index is -0.0121. The van der Waals surface area contributed by atoms with E-state index >= 15 is 0 Å². The molecule has 0 aliphatic carbocycles. The Morgan fingerprint density at radius 1 is 1.11 bits per heavy atom. The fourth-order valence-corrected chi connectivity index (χ4v) is 5.24. The molecule has 0 atom stereocenters. The summed E-state index contributed by atoms with van der Waals surface area (Å²) < 4.78 is 1.13. The van der Waals surface area contributed by atoms with Crippen LogP contribution in [0.3, 0.4) is 0 Å². The Balaban J connectivity index is 1.27. The molecule has 2 aromatic carbocycles. The van der Waals surface area contributed by atoms with Crippen LogP contribution in [-0.4, -0.2) is 21.6 Å². The zero-order valence-electron chi connectivity index (χ0n) is 14.7. The fraction of sp³-hybridized carbons (Fsp3) is 0.150. The molecule has 142 valence electrons. The molecule has 2 aromatic heterocycles. The van der Waals surface area contributed by atoms with Crippen molar-refractivity contribution in [3.63, 3.8) is 0 Å². The number of anilines is 1. The lowest BCUT2D eigenvalue weighted by Crippen LogP contribution is -2.11. The van der Waals surface area contributed by atoms with Crippen LogP contribution in [0.5, 0.6) is 0 Å². The number of thiazole rings is 2. The minimum Gasteiger partial charge on any atom is -0.302 e. The standard InChI is InChI=1S/C20H16ClN3OS3/c21-13-7-9-14(10-8-13)26-11-3-6-18(25)24-20-23-16(12-27-20)19-22-15-4-1-2-5-17(15)28-19/h1-2,4-5,7-10,12H,3,6,11H2,(H,23,24,25). The predicted molar refractivity (Wildman–Crippen MR) is 121 cm³/mol. The quantitative estimate of drug-likeness (QED) is 0.257. The van der Waals surface area contributed by atoms with Crippen LogP contribution in [0.4, 0.5) is 5.13 Å². The molecule has 28 heavy (non-hydrogen) atoms. The molecule has 0 aliphatic rings. The highest BCUT2D eigenvalue weighted by atomic mass is 35.5. The lowest BCUT2D eigenvalue weighted by atomic mass is 10.3. The first kappa shape index (κ1) is 19.4. The number of hydrogen-bond donors (Lipinski definition) is 1. The Morgan fingerprint density at radius 2 is 1.93 bits per heavy atom. The van der Waals surface area contributed by atoms with Crippen LogP contribution in [0.25, 0.3) is 20.9 Å². The van der Waals surface area contributed by atoms with E-state index in [9.17, 15) is 4.79 Å². The Kier molecular flexibility index (Phi) is 6.26. The van der Waals surface area contributed by atoms with Crippen molar-refractivity contribution >= 4 is 67.3 Å². The minimum absolute atomic E-state index is 0.0121. The fourth-order valence-electron chi connectivity index (χ4n) is 2.55. The molecule has 2 heterocycles. The van der Waals surface area contributed by atoms with Gasteiger partial charge in [0.1, 0.15) is 10.7 Å². The molecule has 0 saturated heterocycles. The highest BCUT2D eigenvalue weighted by Gasteiger charge is 2.11. The van der Waals surface area contributed by atoms with Crippen LogP contribution in [0.1, 0.15) is 12.8 Å². The molecule has 0 unspecified atom stereocenters. The summed E-state index contributed by atoms with van der Waals surface area (Å²) in [5.41, 5.74) is 1.78. The van der Waals surface area contributed by atoms with Crippen LogP contribution in [0.15, 0.2) is 58.8 Å². The summed E-state index contributed by atoms with van der Waals surface area (Å²) in [6, 6.07) is 15.8. The number of benzene rings is 2. The van der Waals surface area contributed by atoms with Gasteiger partial charge in [0, 0.05) is 21.7 Å². The summed E-state index contributed by atoms with van der Waals surface area (Å²) >= 11 is 10.6. The molecule has 0 radical (unpaired) electrons. The molecule has 4 rings (SSSR count). The smallest absolute Gasteiger partial charge is 0.226 e. The number of thioether (sulfide) groups is 1. The van der Waals surface area contributed by atoms with Gasteiger partial charge in [-0.05, 0) is 48.6 Å². The van der Waals surface area contributed by atoms with E-state index in [-0.39, 0.29) is 5.91 Å². The van der Waals surface area contributed by atoms with E-state index in [1.165, 1.54) is 11.3 Å². The van der Waals surface area contributed by atoms with Gasteiger partial charge in [-0.2, -0.15) is 0 Å². The van der Waals surface area contributed by atoms with E-state index in [4.69, 9.17) is 11.6 Å². The van der Waals surface area contributed by atoms with Crippen molar-refractivity contribution in [1.82, 2.24) is 9.97 Å². The monoisotopic (exact) mass is 445 g/mol. The molecular formula is C20H16ClN3OS3. The number of nitrogens with zero attached hydrogens (tertiary/aromatic N) is 2. The Morgan fingerprint density at radius 3 is 2.75 bits per heavy atom. The molecule has 0 spiro atoms. The zero-order valence-corrected chi connectivity index (χ0v) is 17.9. The first-order valence-corrected chi connectivity index (χ1v) is 11.7. The third-order valence-electron chi connectivity index (χ3n) is 3.89. The van der Waals surface area contributed by atoms with Gasteiger partial charge in [-0.1, -0.05) is 23.7 Å². The highest BCUT2D eigenvalue weighted by molar-refractivity contribution is 7.99. The maximum absolute atomic E-state index is 12.2. The van der Waals surface area contributed by atoms with Gasteiger partial charge in [-0.3, -0.25) is 4.79 Å². The van der Waals surface area contributed by atoms with Crippen molar-refractivity contribution in [3.8, 4) is 10.7 Å². The largest absolute Gasteiger partial charge is 0.302 e. The van der Waals surface area contributed by atoms with Crippen molar-refractivity contribution < 1.29 is 4.79 Å². The average molecular weight is 446 g/mol. The summed E-state index contributed by atoms with van der Waals surface area (Å²) in [6.45, 7) is 0. The van der Waals surface area contributed by atoms with Gasteiger partial charge in [-0.15, -0.1) is 34.4 Å². The molecule has 1 N–H and O–H groups in total. The van der Waals surface area contributed by atoms with Crippen molar-refractivity contribution in [3.05, 3.63) is 58.9 Å². The second kappa shape index (κ2) is 9.05. The SMILES string of the molecule is O=C(CCCSc1ccc(Cl)cc1)Nc1nc(-c2nc3ccccc3s2)cs1. The molecular weight excluding hydrogens is 430 g/mol. The van der Waals surface area contributed by atoms with Crippen LogP contribution < -0.4 is 5.32 Å². The summed E-state index contributed by atoms with van der Waals surface area (Å²) in [5.74, 6) is 0.867. The van der Waals surface area contributed by atoms with Gasteiger partial charge < -0.3 is 5.32 Å². The number of aromatic nitrogens is 2. The lowest BCUT2D eigenvalue weighted by molar-refractivity contribution is -0.116. The van der Waals surface area contributed by atoms with Gasteiger partial charge in [-0.25, -0.2) is 9.97 Å². The van der Waals surface area contributed by atoms with Crippen molar-refractivity contribution in [2.45, 2.75) is 17.7 Å². The number of halogens is 1. The number of fused-ring (bicyclic) bond motifs is 1. The Labute approximate surface area is 180 Å². The summed E-state index contributed by atoms with van der Waals surface area (Å²) in [4.78, 5) is 22.5. The number of carbonyl (C=O) groups is 1. The van der Waals surface area contributed by atoms with E-state index in [2.05, 4.69) is 15.3 Å². The summed E-state index contributed by atoms with van der Waals surface area (Å²) in [7, 11) is 0. The zero-order chi connectivity index (χ0) is 19.3. The number of amides is 1. The number of nitrogens with one attached hydrogen (secondary N) is 1. The maximum Gasteiger partial charge on any atom is 0.226 e. The normalized spacial score (nSPS) is 11.0. The first-order valence-electron chi connectivity index (χ1n) is 8.67. The summed E-state index contributed by atoms with van der Waals surface area (Å²) in [6.07, 6.45) is 1.27. The van der Waals surface area contributed by atoms with E-state index in [1.54, 1.807) is 23.1 Å². The third kappa shape index (κ3) is 4.91. The third-order valence-corrected chi connectivity index (χ3v) is 7.06. The number of rotatable bonds is 7. The number of para-hydroxylation sites is 1. The van der Waals surface area contributed by atoms with E-state index in [0.29, 0.717) is 11.6 Å². The molecule has 0 bridgehead atoms. The van der Waals surface area contributed by atoms with Crippen molar-refractivity contribution in [1.29, 1.82) is 0 Å². The first-order chi connectivity index (χ1) is 13.7. The summed E-state index contributed by atoms with van der Waals surface area (Å²) in [5, 5.41) is 7.05. The number of carbonyl (C=O) groups excluding carboxylic acids is 1. The number of hydrogen-bond acceptors (Lipinski definition) is 6. The van der Waals surface area contributed by atoms with Gasteiger partial charge >= 0.3 is 0 Å². The molecule has 0 fully saturated rings. The van der Waals surface area contributed by atoms with Gasteiger partial charge in [0.05, 0.1) is 10.2 Å². The Hall–Kier alpha value is -1.93. The van der Waals surface area contributed by atoms with E-state index in [1.807, 2.05) is 53.9 Å². The van der Waals surface area contributed by atoms with Crippen molar-refractivity contribution in [2.24, 2.45) is 0 Å². The van der Waals surface area contributed by atoms with Crippen LogP contribution in [0.2, 0.25) is 5.02 Å². The lowest BCUT2D eigenvalue weighted by Gasteiger charge is -2.03. The molecule has 4 nitrogen and oxygen atoms in total. The molecule has 1 amide bonds. The van der Waals surface area contributed by atoms with Crippen LogP contribution in [0, 0.1) is 0 Å². The second-order valence-corrected chi connectivity index (χ2v) is 9.47. The van der Waals surface area contributed by atoms with Gasteiger partial charge in [0.2, 0.25) is 5.91 Å². The molecule has 0 saturated carbocycles. The predicted octanol–water partition coefficient (Wildman–Crippen LogP) is 6.58. The van der Waals surface area contributed by atoms with Gasteiger partial charge in [0.15, 0.2) is 5.13 Å². The van der Waals surface area contributed by atoms with E-state index < -0.39 is 0 Å². The van der Waals surface area contributed by atoms with E-state index in [0.717, 1.165) is 43.0 Å². The Bertz CT molecular complexity index is 1060. The second-order valence-electron chi connectivity index (χ2n) is 5.98. The van der Waals surface area contributed by atoms with Crippen molar-refractivity contribution in [2.75, 3.05) is 11.1 Å². The van der Waals surface area contributed by atoms with Crippen LogP contribution >= 0.6 is 46.0 Å². The highest BCUT2D eigenvalue weighted by Crippen LogP contribution is 2.32. The molecule has 0 aliphatic heterocycles.